The number of ether oxygens (including phenoxy) is 1. The van der Waals surface area contributed by atoms with Crippen molar-refractivity contribution in [1.29, 1.82) is 0 Å². The van der Waals surface area contributed by atoms with Gasteiger partial charge in [-0.15, -0.1) is 0 Å². The molecule has 14 heavy (non-hydrogen) atoms. The van der Waals surface area contributed by atoms with Crippen LogP contribution in [0.25, 0.3) is 0 Å². The fraction of sp³-hybridized carbons (Fsp3) is 0.222. The highest BCUT2D eigenvalue weighted by molar-refractivity contribution is 14.2. The zero-order valence-electron chi connectivity index (χ0n) is 7.46. The second-order valence-electron chi connectivity index (χ2n) is 2.52. The van der Waals surface area contributed by atoms with Crippen molar-refractivity contribution in [3.63, 3.8) is 0 Å². The normalized spacial score (nSPS) is 10.0. The number of carbonyl (C=O) groups excluding carboxylic acids is 1. The number of methoxy groups -OCH3 is 1. The van der Waals surface area contributed by atoms with E-state index in [9.17, 15) is 4.79 Å². The van der Waals surface area contributed by atoms with Gasteiger partial charge in [0.25, 0.3) is 0 Å². The third kappa shape index (κ3) is 3.60. The van der Waals surface area contributed by atoms with E-state index < -0.39 is 0 Å². The quantitative estimate of drug-likeness (QED) is 0.607. The standard InChI is InChI=1S/C9H9I2NO2/c1-14-7-4-2-6(3-5-7)12-9(13)8(10)11/h2-5,8H,1H3,(H,12,13). The summed E-state index contributed by atoms with van der Waals surface area (Å²) in [5.74, 6) is 0.778. The molecule has 5 heteroatoms. The highest BCUT2D eigenvalue weighted by Crippen LogP contribution is 2.17. The molecule has 0 heterocycles. The van der Waals surface area contributed by atoms with Crippen LogP contribution < -0.4 is 10.1 Å². The lowest BCUT2D eigenvalue weighted by Gasteiger charge is -2.06. The minimum absolute atomic E-state index is 0.00336. The fourth-order valence-electron chi connectivity index (χ4n) is 0.871. The van der Waals surface area contributed by atoms with Gasteiger partial charge in [0.2, 0.25) is 5.91 Å². The van der Waals surface area contributed by atoms with E-state index in [2.05, 4.69) is 50.5 Å². The Morgan fingerprint density at radius 3 is 2.36 bits per heavy atom. The van der Waals surface area contributed by atoms with Gasteiger partial charge in [-0.1, -0.05) is 45.2 Å². The maximum Gasteiger partial charge on any atom is 0.247 e. The lowest BCUT2D eigenvalue weighted by Crippen LogP contribution is -2.17. The molecule has 0 fully saturated rings. The van der Waals surface area contributed by atoms with Gasteiger partial charge >= 0.3 is 0 Å². The smallest absolute Gasteiger partial charge is 0.247 e. The second-order valence-corrected chi connectivity index (χ2v) is 7.39. The van der Waals surface area contributed by atoms with Crippen LogP contribution >= 0.6 is 45.2 Å². The van der Waals surface area contributed by atoms with E-state index in [4.69, 9.17) is 4.74 Å². The summed E-state index contributed by atoms with van der Waals surface area (Å²) in [5.41, 5.74) is 0.786. The Labute approximate surface area is 110 Å². The molecule has 0 saturated carbocycles. The molecule has 1 N–H and O–H groups in total. The predicted octanol–water partition coefficient (Wildman–Crippen LogP) is 2.83. The van der Waals surface area contributed by atoms with E-state index in [1.165, 1.54) is 0 Å². The highest BCUT2D eigenvalue weighted by Gasteiger charge is 2.09. The Morgan fingerprint density at radius 1 is 1.36 bits per heavy atom. The SMILES string of the molecule is COc1ccc(NC(=O)C(I)I)cc1. The van der Waals surface area contributed by atoms with Crippen molar-refractivity contribution in [1.82, 2.24) is 0 Å². The van der Waals surface area contributed by atoms with Crippen LogP contribution in [0.5, 0.6) is 5.75 Å². The zero-order chi connectivity index (χ0) is 10.6. The first kappa shape index (κ1) is 12.0. The summed E-state index contributed by atoms with van der Waals surface area (Å²) in [6.07, 6.45) is 0. The van der Waals surface area contributed by atoms with Crippen LogP contribution in [0.2, 0.25) is 0 Å². The number of carbonyl (C=O) groups is 1. The van der Waals surface area contributed by atoms with Crippen molar-refractivity contribution >= 4 is 56.8 Å². The molecule has 0 unspecified atom stereocenters. The van der Waals surface area contributed by atoms with E-state index in [0.717, 1.165) is 11.4 Å². The van der Waals surface area contributed by atoms with Crippen molar-refractivity contribution in [3.05, 3.63) is 24.3 Å². The van der Waals surface area contributed by atoms with Crippen LogP contribution in [0.4, 0.5) is 5.69 Å². The molecular weight excluding hydrogens is 408 g/mol. The lowest BCUT2D eigenvalue weighted by molar-refractivity contribution is -0.113. The van der Waals surface area contributed by atoms with Gasteiger partial charge in [-0.25, -0.2) is 0 Å². The van der Waals surface area contributed by atoms with Gasteiger partial charge in [-0.3, -0.25) is 4.79 Å². The number of nitrogens with one attached hydrogen (secondary N) is 1. The zero-order valence-corrected chi connectivity index (χ0v) is 11.8. The Kier molecular flexibility index (Phi) is 4.93. The monoisotopic (exact) mass is 417 g/mol. The van der Waals surface area contributed by atoms with Crippen molar-refractivity contribution in [2.75, 3.05) is 12.4 Å². The van der Waals surface area contributed by atoms with E-state index in [1.807, 2.05) is 24.3 Å². The summed E-state index contributed by atoms with van der Waals surface area (Å²) < 4.78 is 4.94. The number of amides is 1. The summed E-state index contributed by atoms with van der Waals surface area (Å²) >= 11 is 4.12. The number of rotatable bonds is 3. The number of benzene rings is 1. The van der Waals surface area contributed by atoms with Gasteiger partial charge < -0.3 is 10.1 Å². The molecule has 1 rings (SSSR count). The maximum absolute atomic E-state index is 11.3. The topological polar surface area (TPSA) is 38.3 Å². The lowest BCUT2D eigenvalue weighted by atomic mass is 10.3. The molecule has 1 aromatic carbocycles. The van der Waals surface area contributed by atoms with Crippen LogP contribution in [-0.2, 0) is 4.79 Å². The van der Waals surface area contributed by atoms with Crippen LogP contribution in [0, 0.1) is 0 Å². The highest BCUT2D eigenvalue weighted by atomic mass is 127. The molecule has 3 nitrogen and oxygen atoms in total. The Balaban J connectivity index is 2.64. The molecule has 0 aromatic heterocycles. The van der Waals surface area contributed by atoms with Gasteiger partial charge in [0, 0.05) is 5.69 Å². The van der Waals surface area contributed by atoms with Crippen LogP contribution in [0.3, 0.4) is 0 Å². The Hall–Kier alpha value is -0.0500. The molecule has 0 saturated heterocycles. The molecule has 0 atom stereocenters. The fourth-order valence-corrected chi connectivity index (χ4v) is 1.18. The second kappa shape index (κ2) is 5.74. The van der Waals surface area contributed by atoms with E-state index in [1.54, 1.807) is 7.11 Å². The average molecular weight is 417 g/mol. The molecule has 0 aliphatic carbocycles. The molecule has 0 radical (unpaired) electrons. The van der Waals surface area contributed by atoms with Crippen molar-refractivity contribution < 1.29 is 9.53 Å². The number of alkyl halides is 2. The van der Waals surface area contributed by atoms with Crippen LogP contribution in [0.15, 0.2) is 24.3 Å². The van der Waals surface area contributed by atoms with Crippen LogP contribution in [0.1, 0.15) is 0 Å². The number of hydrogen-bond donors (Lipinski definition) is 1. The molecule has 0 spiro atoms. The van der Waals surface area contributed by atoms with Gasteiger partial charge in [0.05, 0.1) is 7.11 Å². The average Bonchev–Trinajstić information content (AvgIpc) is 2.19. The maximum atomic E-state index is 11.3. The summed E-state index contributed by atoms with van der Waals surface area (Å²) in [5, 5.41) is 2.78. The minimum Gasteiger partial charge on any atom is -0.497 e. The predicted molar refractivity (Wildman–Crippen MR) is 73.5 cm³/mol. The Morgan fingerprint density at radius 2 is 1.93 bits per heavy atom. The van der Waals surface area contributed by atoms with Gasteiger partial charge in [-0.05, 0) is 24.3 Å². The van der Waals surface area contributed by atoms with Gasteiger partial charge in [-0.2, -0.15) is 0 Å². The van der Waals surface area contributed by atoms with Crippen molar-refractivity contribution in [3.8, 4) is 5.75 Å². The van der Waals surface area contributed by atoms with E-state index in [-0.39, 0.29) is 7.84 Å². The first-order valence-electron chi connectivity index (χ1n) is 3.86. The molecule has 76 valence electrons. The number of hydrogen-bond acceptors (Lipinski definition) is 2. The molecule has 1 aromatic rings. The first-order valence-corrected chi connectivity index (χ1v) is 6.35. The summed E-state index contributed by atoms with van der Waals surface area (Å²) in [6.45, 7) is 0. The first-order chi connectivity index (χ1) is 6.63. The summed E-state index contributed by atoms with van der Waals surface area (Å²) in [7, 11) is 1.61. The Bertz CT molecular complexity index is 311. The molecular formula is C9H9I2NO2. The summed E-state index contributed by atoms with van der Waals surface area (Å²) in [4.78, 5) is 11.3. The molecule has 1 amide bonds. The van der Waals surface area contributed by atoms with E-state index in [0.29, 0.717) is 0 Å². The van der Waals surface area contributed by atoms with Gasteiger partial charge in [0.15, 0.2) is 0 Å². The number of anilines is 1. The van der Waals surface area contributed by atoms with E-state index >= 15 is 0 Å². The largest absolute Gasteiger partial charge is 0.497 e. The third-order valence-electron chi connectivity index (χ3n) is 1.56. The molecule has 0 bridgehead atoms. The van der Waals surface area contributed by atoms with Gasteiger partial charge in [0.1, 0.15) is 7.68 Å². The van der Waals surface area contributed by atoms with Crippen molar-refractivity contribution in [2.24, 2.45) is 0 Å². The van der Waals surface area contributed by atoms with Crippen LogP contribution in [-0.4, -0.2) is 14.9 Å². The molecule has 0 aliphatic rings. The van der Waals surface area contributed by atoms with Crippen molar-refractivity contribution in [2.45, 2.75) is 1.93 Å². The minimum atomic E-state index is -0.0627. The summed E-state index contributed by atoms with van der Waals surface area (Å²) in [6, 6.07) is 7.24. The third-order valence-corrected chi connectivity index (χ3v) is 2.69. The molecule has 0 aliphatic heterocycles. The number of halogens is 2.